The quantitative estimate of drug-likeness (QED) is 0.518. The smallest absolute Gasteiger partial charge is 0.271 e. The number of nitrogens with one attached hydrogen (secondary N) is 1. The molecule has 1 aromatic heterocycles. The largest absolute Gasteiger partial charge is 0.416 e. The fraction of sp³-hybridized carbons (Fsp3) is 0.154. The van der Waals surface area contributed by atoms with Crippen LogP contribution in [0.2, 0.25) is 0 Å². The fourth-order valence-electron chi connectivity index (χ4n) is 1.81. The Bertz CT molecular complexity index is 581. The van der Waals surface area contributed by atoms with Crippen molar-refractivity contribution < 1.29 is 17.6 Å². The Labute approximate surface area is 112 Å². The summed E-state index contributed by atoms with van der Waals surface area (Å²) in [6.07, 6.45) is -3.03. The third-order valence-corrected chi connectivity index (χ3v) is 2.80. The van der Waals surface area contributed by atoms with E-state index in [2.05, 4.69) is 10.4 Å². The molecule has 2 rings (SSSR count). The first-order valence-electron chi connectivity index (χ1n) is 5.67. The Balaban J connectivity index is 2.36. The highest BCUT2D eigenvalue weighted by Gasteiger charge is 2.30. The minimum atomic E-state index is -4.42. The molecule has 0 radical (unpaired) electrons. The van der Waals surface area contributed by atoms with E-state index in [9.17, 15) is 17.6 Å². The summed E-state index contributed by atoms with van der Waals surface area (Å²) in [4.78, 5) is 3.86. The van der Waals surface area contributed by atoms with Gasteiger partial charge in [0.25, 0.3) is 0 Å². The number of aromatic nitrogens is 1. The maximum Gasteiger partial charge on any atom is 0.416 e. The minimum absolute atomic E-state index is 0.0229. The van der Waals surface area contributed by atoms with Crippen LogP contribution < -0.4 is 11.3 Å². The molecule has 2 aromatic rings. The van der Waals surface area contributed by atoms with E-state index in [4.69, 9.17) is 5.84 Å². The van der Waals surface area contributed by atoms with E-state index in [0.29, 0.717) is 5.56 Å². The van der Waals surface area contributed by atoms with Gasteiger partial charge in [-0.2, -0.15) is 13.2 Å². The first-order chi connectivity index (χ1) is 9.43. The minimum Gasteiger partial charge on any atom is -0.271 e. The van der Waals surface area contributed by atoms with Crippen LogP contribution >= 0.6 is 0 Å². The molecule has 0 aliphatic rings. The van der Waals surface area contributed by atoms with Gasteiger partial charge >= 0.3 is 6.18 Å². The van der Waals surface area contributed by atoms with E-state index in [-0.39, 0.29) is 5.69 Å². The highest BCUT2D eigenvalue weighted by atomic mass is 19.4. The van der Waals surface area contributed by atoms with Gasteiger partial charge in [-0.15, -0.1) is 0 Å². The molecular weight excluding hydrogens is 274 g/mol. The molecule has 1 aromatic carbocycles. The van der Waals surface area contributed by atoms with Crippen LogP contribution in [-0.4, -0.2) is 4.98 Å². The van der Waals surface area contributed by atoms with E-state index in [1.54, 1.807) is 0 Å². The maximum atomic E-state index is 13.6. The van der Waals surface area contributed by atoms with E-state index >= 15 is 0 Å². The first kappa shape index (κ1) is 14.4. The molecule has 1 heterocycles. The molecule has 0 aliphatic heterocycles. The number of halogens is 4. The Morgan fingerprint density at radius 1 is 1.10 bits per heavy atom. The standard InChI is InChI=1S/C13H11F4N3/c14-10-2-1-7-19-12(10)11(20-18)8-3-5-9(6-4-8)13(15,16)17/h1-7,11,20H,18H2. The van der Waals surface area contributed by atoms with Crippen molar-refractivity contribution in [3.05, 3.63) is 65.2 Å². The molecule has 3 N–H and O–H groups in total. The topological polar surface area (TPSA) is 50.9 Å². The average molecular weight is 285 g/mol. The van der Waals surface area contributed by atoms with Crippen LogP contribution in [-0.2, 0) is 6.18 Å². The zero-order valence-electron chi connectivity index (χ0n) is 10.2. The Morgan fingerprint density at radius 3 is 2.25 bits per heavy atom. The van der Waals surface area contributed by atoms with Crippen molar-refractivity contribution in [3.63, 3.8) is 0 Å². The summed E-state index contributed by atoms with van der Waals surface area (Å²) in [6.45, 7) is 0. The molecule has 0 spiro atoms. The molecule has 0 bridgehead atoms. The second kappa shape index (κ2) is 5.56. The lowest BCUT2D eigenvalue weighted by Crippen LogP contribution is -2.30. The molecule has 1 atom stereocenters. The van der Waals surface area contributed by atoms with Gasteiger partial charge in [-0.3, -0.25) is 10.8 Å². The second-order valence-electron chi connectivity index (χ2n) is 4.09. The number of hydrogen-bond acceptors (Lipinski definition) is 3. The molecule has 0 saturated heterocycles. The maximum absolute atomic E-state index is 13.6. The summed E-state index contributed by atoms with van der Waals surface area (Å²) >= 11 is 0. The highest BCUT2D eigenvalue weighted by Crippen LogP contribution is 2.30. The van der Waals surface area contributed by atoms with E-state index < -0.39 is 23.6 Å². The number of benzene rings is 1. The van der Waals surface area contributed by atoms with Crippen molar-refractivity contribution in [1.29, 1.82) is 0 Å². The number of pyridine rings is 1. The first-order valence-corrected chi connectivity index (χ1v) is 5.67. The van der Waals surface area contributed by atoms with E-state index in [0.717, 1.165) is 12.1 Å². The number of nitrogens with two attached hydrogens (primary N) is 1. The van der Waals surface area contributed by atoms with Gasteiger partial charge in [0.2, 0.25) is 0 Å². The fourth-order valence-corrected chi connectivity index (χ4v) is 1.81. The van der Waals surface area contributed by atoms with Crippen LogP contribution in [0.5, 0.6) is 0 Å². The Hall–Kier alpha value is -1.99. The number of alkyl halides is 3. The molecule has 0 fully saturated rings. The van der Waals surface area contributed by atoms with Gasteiger partial charge in [-0.05, 0) is 29.8 Å². The third-order valence-electron chi connectivity index (χ3n) is 2.80. The van der Waals surface area contributed by atoms with E-state index in [1.165, 1.54) is 30.5 Å². The predicted octanol–water partition coefficient (Wildman–Crippen LogP) is 2.79. The average Bonchev–Trinajstić information content (AvgIpc) is 2.41. The van der Waals surface area contributed by atoms with Crippen molar-refractivity contribution in [1.82, 2.24) is 10.4 Å². The van der Waals surface area contributed by atoms with Crippen molar-refractivity contribution in [2.45, 2.75) is 12.2 Å². The Kier molecular flexibility index (Phi) is 4.01. The van der Waals surface area contributed by atoms with Crippen molar-refractivity contribution in [2.24, 2.45) is 5.84 Å². The normalized spacial score (nSPS) is 13.2. The van der Waals surface area contributed by atoms with Crippen LogP contribution in [0.15, 0.2) is 42.6 Å². The van der Waals surface area contributed by atoms with Gasteiger partial charge in [0.1, 0.15) is 5.82 Å². The summed E-state index contributed by atoms with van der Waals surface area (Å²) in [5.41, 5.74) is 1.98. The van der Waals surface area contributed by atoms with Crippen molar-refractivity contribution in [3.8, 4) is 0 Å². The molecule has 20 heavy (non-hydrogen) atoms. The summed E-state index contributed by atoms with van der Waals surface area (Å²) in [5, 5.41) is 0. The highest BCUT2D eigenvalue weighted by molar-refractivity contribution is 5.32. The molecule has 0 saturated carbocycles. The van der Waals surface area contributed by atoms with Gasteiger partial charge in [0.15, 0.2) is 0 Å². The van der Waals surface area contributed by atoms with Gasteiger partial charge in [0, 0.05) is 6.20 Å². The van der Waals surface area contributed by atoms with Crippen molar-refractivity contribution >= 4 is 0 Å². The molecule has 3 nitrogen and oxygen atoms in total. The lowest BCUT2D eigenvalue weighted by Gasteiger charge is -2.17. The van der Waals surface area contributed by atoms with Crippen LogP contribution in [0.3, 0.4) is 0 Å². The monoisotopic (exact) mass is 285 g/mol. The molecule has 1 unspecified atom stereocenters. The number of hydrogen-bond donors (Lipinski definition) is 2. The second-order valence-corrected chi connectivity index (χ2v) is 4.09. The Morgan fingerprint density at radius 2 is 1.75 bits per heavy atom. The lowest BCUT2D eigenvalue weighted by molar-refractivity contribution is -0.137. The molecular formula is C13H11F4N3. The van der Waals surface area contributed by atoms with Gasteiger partial charge in [0.05, 0.1) is 17.3 Å². The molecule has 0 amide bonds. The summed E-state index contributed by atoms with van der Waals surface area (Å²) in [5.74, 6) is 4.76. The zero-order valence-corrected chi connectivity index (χ0v) is 10.2. The number of hydrazine groups is 1. The third kappa shape index (κ3) is 2.94. The zero-order chi connectivity index (χ0) is 14.8. The van der Waals surface area contributed by atoms with Gasteiger partial charge in [-0.1, -0.05) is 12.1 Å². The lowest BCUT2D eigenvalue weighted by atomic mass is 10.0. The van der Waals surface area contributed by atoms with Crippen molar-refractivity contribution in [2.75, 3.05) is 0 Å². The van der Waals surface area contributed by atoms with Crippen LogP contribution in [0.1, 0.15) is 22.9 Å². The number of nitrogens with zero attached hydrogens (tertiary/aromatic N) is 1. The SMILES string of the molecule is NNC(c1ccc(C(F)(F)F)cc1)c1ncccc1F. The summed E-state index contributed by atoms with van der Waals surface area (Å²) in [7, 11) is 0. The van der Waals surface area contributed by atoms with Crippen LogP contribution in [0, 0.1) is 5.82 Å². The summed E-state index contributed by atoms with van der Waals surface area (Å²) < 4.78 is 51.1. The number of rotatable bonds is 3. The molecule has 0 aliphatic carbocycles. The molecule has 106 valence electrons. The van der Waals surface area contributed by atoms with Gasteiger partial charge < -0.3 is 0 Å². The van der Waals surface area contributed by atoms with Gasteiger partial charge in [-0.25, -0.2) is 9.82 Å². The summed E-state index contributed by atoms with van der Waals surface area (Å²) in [6, 6.07) is 6.11. The molecule has 7 heteroatoms. The van der Waals surface area contributed by atoms with E-state index in [1.807, 2.05) is 0 Å². The van der Waals surface area contributed by atoms with Crippen LogP contribution in [0.4, 0.5) is 17.6 Å². The van der Waals surface area contributed by atoms with Crippen LogP contribution in [0.25, 0.3) is 0 Å². The predicted molar refractivity (Wildman–Crippen MR) is 64.8 cm³/mol.